The van der Waals surface area contributed by atoms with Crippen molar-refractivity contribution in [1.29, 1.82) is 5.26 Å². The first kappa shape index (κ1) is 11.0. The molecule has 0 amide bonds. The summed E-state index contributed by atoms with van der Waals surface area (Å²) in [5, 5.41) is 8.72. The van der Waals surface area contributed by atoms with Gasteiger partial charge in [-0.2, -0.15) is 5.26 Å². The third-order valence-corrected chi connectivity index (χ3v) is 1.39. The minimum Gasteiger partial charge on any atom is -0.383 e. The van der Waals surface area contributed by atoms with Gasteiger partial charge in [0.15, 0.2) is 0 Å². The molecule has 0 radical (unpaired) electrons. The molecule has 3 heteroatoms. The Bertz CT molecular complexity index is 186. The van der Waals surface area contributed by atoms with E-state index >= 15 is 0 Å². The second-order valence-electron chi connectivity index (χ2n) is 3.28. The fourth-order valence-corrected chi connectivity index (χ4v) is 0.805. The molecule has 0 saturated heterocycles. The minimum absolute atomic E-state index is 0.821. The highest BCUT2D eigenvalue weighted by Gasteiger charge is 1.97. The molecule has 3 nitrogen and oxygen atoms in total. The van der Waals surface area contributed by atoms with Crippen LogP contribution in [0.15, 0.2) is 11.8 Å². The van der Waals surface area contributed by atoms with Crippen LogP contribution in [0.4, 0.5) is 0 Å². The van der Waals surface area contributed by atoms with Crippen LogP contribution in [0.2, 0.25) is 0 Å². The molecule has 0 aromatic rings. The molecule has 0 heterocycles. The Morgan fingerprint density at radius 2 is 1.92 bits per heavy atom. The first-order chi connectivity index (χ1) is 5.56. The van der Waals surface area contributed by atoms with Gasteiger partial charge in [0.25, 0.3) is 0 Å². The van der Waals surface area contributed by atoms with E-state index in [-0.39, 0.29) is 0 Å². The number of nitrogens with zero attached hydrogens (tertiary/aromatic N) is 3. The summed E-state index contributed by atoms with van der Waals surface area (Å²) in [5.74, 6) is 0. The quantitative estimate of drug-likeness (QED) is 0.583. The SMILES string of the molecule is CN(C)/C=C(\C#N)CCN(C)C. The molecule has 0 N–H and O–H groups in total. The van der Waals surface area contributed by atoms with E-state index in [0.29, 0.717) is 0 Å². The first-order valence-corrected chi connectivity index (χ1v) is 3.98. The summed E-state index contributed by atoms with van der Waals surface area (Å²) in [6, 6.07) is 2.18. The zero-order chi connectivity index (χ0) is 9.56. The third kappa shape index (κ3) is 5.75. The van der Waals surface area contributed by atoms with Crippen LogP contribution in [0, 0.1) is 11.3 Å². The molecule has 0 spiro atoms. The lowest BCUT2D eigenvalue weighted by molar-refractivity contribution is 0.413. The molecule has 0 fully saturated rings. The van der Waals surface area contributed by atoms with Gasteiger partial charge < -0.3 is 9.80 Å². The zero-order valence-electron chi connectivity index (χ0n) is 8.33. The molecular weight excluding hydrogens is 150 g/mol. The van der Waals surface area contributed by atoms with Gasteiger partial charge in [0.05, 0.1) is 6.07 Å². The Balaban J connectivity index is 3.94. The molecular formula is C9H17N3. The highest BCUT2D eigenvalue weighted by Crippen LogP contribution is 2.00. The monoisotopic (exact) mass is 167 g/mol. The van der Waals surface area contributed by atoms with Crippen molar-refractivity contribution in [3.8, 4) is 6.07 Å². The Labute approximate surface area is 74.9 Å². The fourth-order valence-electron chi connectivity index (χ4n) is 0.805. The normalized spacial score (nSPS) is 11.5. The predicted molar refractivity (Wildman–Crippen MR) is 50.6 cm³/mol. The summed E-state index contributed by atoms with van der Waals surface area (Å²) in [7, 11) is 7.86. The molecule has 0 aliphatic carbocycles. The number of rotatable bonds is 4. The zero-order valence-corrected chi connectivity index (χ0v) is 8.33. The van der Waals surface area contributed by atoms with Crippen LogP contribution in [-0.4, -0.2) is 44.5 Å². The molecule has 12 heavy (non-hydrogen) atoms. The van der Waals surface area contributed by atoms with Crippen molar-refractivity contribution in [3.63, 3.8) is 0 Å². The van der Waals surface area contributed by atoms with E-state index < -0.39 is 0 Å². The van der Waals surface area contributed by atoms with E-state index in [4.69, 9.17) is 5.26 Å². The van der Waals surface area contributed by atoms with Gasteiger partial charge in [-0.25, -0.2) is 0 Å². The topological polar surface area (TPSA) is 30.3 Å². The molecule has 0 aromatic carbocycles. The van der Waals surface area contributed by atoms with Crippen molar-refractivity contribution in [3.05, 3.63) is 11.8 Å². The highest BCUT2D eigenvalue weighted by molar-refractivity contribution is 5.19. The van der Waals surface area contributed by atoms with Crippen LogP contribution >= 0.6 is 0 Å². The summed E-state index contributed by atoms with van der Waals surface area (Å²) in [5.41, 5.74) is 0.828. The van der Waals surface area contributed by atoms with Gasteiger partial charge in [-0.15, -0.1) is 0 Å². The molecule has 0 saturated carbocycles. The van der Waals surface area contributed by atoms with Gasteiger partial charge >= 0.3 is 0 Å². The van der Waals surface area contributed by atoms with Crippen molar-refractivity contribution < 1.29 is 0 Å². The lowest BCUT2D eigenvalue weighted by atomic mass is 10.2. The van der Waals surface area contributed by atoms with E-state index in [1.165, 1.54) is 0 Å². The Morgan fingerprint density at radius 1 is 1.33 bits per heavy atom. The highest BCUT2D eigenvalue weighted by atomic mass is 15.1. The second-order valence-corrected chi connectivity index (χ2v) is 3.28. The molecule has 0 rings (SSSR count). The van der Waals surface area contributed by atoms with Gasteiger partial charge in [0.2, 0.25) is 0 Å². The van der Waals surface area contributed by atoms with Crippen molar-refractivity contribution in [2.24, 2.45) is 0 Å². The number of hydrogen-bond acceptors (Lipinski definition) is 3. The smallest absolute Gasteiger partial charge is 0.0962 e. The Kier molecular flexibility index (Phi) is 5.14. The second kappa shape index (κ2) is 5.62. The maximum absolute atomic E-state index is 8.72. The lowest BCUT2D eigenvalue weighted by Crippen LogP contribution is -2.14. The largest absolute Gasteiger partial charge is 0.383 e. The van der Waals surface area contributed by atoms with Crippen LogP contribution in [0.5, 0.6) is 0 Å². The molecule has 0 unspecified atom stereocenters. The maximum Gasteiger partial charge on any atom is 0.0962 e. The van der Waals surface area contributed by atoms with E-state index in [1.54, 1.807) is 0 Å². The van der Waals surface area contributed by atoms with Crippen molar-refractivity contribution in [2.75, 3.05) is 34.7 Å². The fraction of sp³-hybridized carbons (Fsp3) is 0.667. The van der Waals surface area contributed by atoms with Gasteiger partial charge in [-0.1, -0.05) is 0 Å². The average molecular weight is 167 g/mol. The Hall–Kier alpha value is -1.01. The van der Waals surface area contributed by atoms with Crippen molar-refractivity contribution >= 4 is 0 Å². The summed E-state index contributed by atoms with van der Waals surface area (Å²) in [6.45, 7) is 0.924. The maximum atomic E-state index is 8.72. The minimum atomic E-state index is 0.821. The van der Waals surface area contributed by atoms with E-state index in [9.17, 15) is 0 Å². The predicted octanol–water partition coefficient (Wildman–Crippen LogP) is 0.907. The summed E-state index contributed by atoms with van der Waals surface area (Å²) < 4.78 is 0. The third-order valence-electron chi connectivity index (χ3n) is 1.39. The molecule has 68 valence electrons. The first-order valence-electron chi connectivity index (χ1n) is 3.98. The number of nitriles is 1. The average Bonchev–Trinajstić information content (AvgIpc) is 1.97. The van der Waals surface area contributed by atoms with E-state index in [1.807, 2.05) is 39.3 Å². The van der Waals surface area contributed by atoms with Crippen molar-refractivity contribution in [2.45, 2.75) is 6.42 Å². The standard InChI is InChI=1S/C9H17N3/c1-11(2)6-5-9(7-10)8-12(3)4/h8H,5-6H2,1-4H3/b9-8-. The Morgan fingerprint density at radius 3 is 2.25 bits per heavy atom. The van der Waals surface area contributed by atoms with Gasteiger partial charge in [-0.3, -0.25) is 0 Å². The van der Waals surface area contributed by atoms with Crippen LogP contribution in [0.3, 0.4) is 0 Å². The van der Waals surface area contributed by atoms with Gasteiger partial charge in [0, 0.05) is 32.4 Å². The van der Waals surface area contributed by atoms with Gasteiger partial charge in [0.1, 0.15) is 0 Å². The lowest BCUT2D eigenvalue weighted by Gasteiger charge is -2.10. The van der Waals surface area contributed by atoms with Gasteiger partial charge in [-0.05, 0) is 20.5 Å². The van der Waals surface area contributed by atoms with Crippen LogP contribution < -0.4 is 0 Å². The van der Waals surface area contributed by atoms with Crippen LogP contribution in [0.1, 0.15) is 6.42 Å². The molecule has 0 atom stereocenters. The molecule has 0 aromatic heterocycles. The molecule has 0 aliphatic heterocycles. The van der Waals surface area contributed by atoms with E-state index in [0.717, 1.165) is 18.5 Å². The van der Waals surface area contributed by atoms with Crippen LogP contribution in [-0.2, 0) is 0 Å². The van der Waals surface area contributed by atoms with E-state index in [2.05, 4.69) is 11.0 Å². The van der Waals surface area contributed by atoms with Crippen LogP contribution in [0.25, 0.3) is 0 Å². The number of hydrogen-bond donors (Lipinski definition) is 0. The molecule has 0 aliphatic rings. The summed E-state index contributed by atoms with van der Waals surface area (Å²) in [4.78, 5) is 3.97. The summed E-state index contributed by atoms with van der Waals surface area (Å²) in [6.07, 6.45) is 2.69. The van der Waals surface area contributed by atoms with Crippen molar-refractivity contribution in [1.82, 2.24) is 9.80 Å². The summed E-state index contributed by atoms with van der Waals surface area (Å²) >= 11 is 0. The molecule has 0 bridgehead atoms.